The van der Waals surface area contributed by atoms with E-state index in [1.807, 2.05) is 44.2 Å². The second kappa shape index (κ2) is 7.98. The molecule has 0 saturated heterocycles. The topological polar surface area (TPSA) is 59.3 Å². The van der Waals surface area contributed by atoms with Gasteiger partial charge >= 0.3 is 5.97 Å². The van der Waals surface area contributed by atoms with Gasteiger partial charge in [0.15, 0.2) is 0 Å². The molecular formula is C20H19NO3. The van der Waals surface area contributed by atoms with E-state index >= 15 is 0 Å². The van der Waals surface area contributed by atoms with Crippen LogP contribution in [0.5, 0.6) is 11.5 Å². The van der Waals surface area contributed by atoms with Crippen molar-refractivity contribution in [3.05, 3.63) is 65.2 Å². The molecule has 24 heavy (non-hydrogen) atoms. The Morgan fingerprint density at radius 1 is 1.08 bits per heavy atom. The number of carbonyl (C=O) groups excluding carboxylic acids is 1. The number of rotatable bonds is 5. The quantitative estimate of drug-likeness (QED) is 0.356. The van der Waals surface area contributed by atoms with Gasteiger partial charge in [0.05, 0.1) is 7.11 Å². The molecule has 122 valence electrons. The van der Waals surface area contributed by atoms with Crippen molar-refractivity contribution in [2.75, 3.05) is 7.11 Å². The standard InChI is InChI=1S/C20H19NO3/c1-14(2)17-9-5-7-11-19(17)24-20(22)16(13-21)12-15-8-4-6-10-18(15)23-3/h4-12,14H,1-3H3/b16-12+. The second-order valence-electron chi connectivity index (χ2n) is 5.49. The molecule has 0 atom stereocenters. The van der Waals surface area contributed by atoms with Crippen molar-refractivity contribution in [3.63, 3.8) is 0 Å². The Balaban J connectivity index is 2.31. The van der Waals surface area contributed by atoms with Gasteiger partial charge in [-0.1, -0.05) is 50.2 Å². The van der Waals surface area contributed by atoms with Crippen molar-refractivity contribution in [1.82, 2.24) is 0 Å². The largest absolute Gasteiger partial charge is 0.496 e. The summed E-state index contributed by atoms with van der Waals surface area (Å²) in [6.07, 6.45) is 1.47. The lowest BCUT2D eigenvalue weighted by atomic mass is 10.0. The molecule has 0 saturated carbocycles. The summed E-state index contributed by atoms with van der Waals surface area (Å²) in [6, 6.07) is 16.4. The van der Waals surface area contributed by atoms with Gasteiger partial charge in [-0.05, 0) is 29.7 Å². The van der Waals surface area contributed by atoms with Crippen LogP contribution in [0.25, 0.3) is 6.08 Å². The number of benzene rings is 2. The summed E-state index contributed by atoms with van der Waals surface area (Å²) in [4.78, 5) is 12.4. The molecule has 4 nitrogen and oxygen atoms in total. The van der Waals surface area contributed by atoms with Crippen molar-refractivity contribution in [2.24, 2.45) is 0 Å². The molecule has 0 aliphatic carbocycles. The summed E-state index contributed by atoms with van der Waals surface area (Å²) in [7, 11) is 1.54. The third kappa shape index (κ3) is 4.02. The van der Waals surface area contributed by atoms with E-state index in [0.29, 0.717) is 17.1 Å². The van der Waals surface area contributed by atoms with E-state index in [1.54, 1.807) is 24.3 Å². The maximum atomic E-state index is 12.4. The van der Waals surface area contributed by atoms with Crippen LogP contribution >= 0.6 is 0 Å². The van der Waals surface area contributed by atoms with Gasteiger partial charge in [-0.3, -0.25) is 0 Å². The maximum Gasteiger partial charge on any atom is 0.354 e. The first-order chi connectivity index (χ1) is 11.6. The zero-order valence-electron chi connectivity index (χ0n) is 13.9. The van der Waals surface area contributed by atoms with Gasteiger partial charge in [0, 0.05) is 5.56 Å². The Labute approximate surface area is 141 Å². The number of esters is 1. The maximum absolute atomic E-state index is 12.4. The van der Waals surface area contributed by atoms with Crippen molar-refractivity contribution >= 4 is 12.0 Å². The van der Waals surface area contributed by atoms with E-state index in [4.69, 9.17) is 9.47 Å². The van der Waals surface area contributed by atoms with Crippen LogP contribution in [-0.2, 0) is 4.79 Å². The van der Waals surface area contributed by atoms with Gasteiger partial charge in [0.2, 0.25) is 0 Å². The van der Waals surface area contributed by atoms with E-state index in [2.05, 4.69) is 0 Å². The van der Waals surface area contributed by atoms with Gasteiger partial charge in [0.25, 0.3) is 0 Å². The first-order valence-corrected chi connectivity index (χ1v) is 7.62. The first-order valence-electron chi connectivity index (χ1n) is 7.62. The van der Waals surface area contributed by atoms with E-state index in [9.17, 15) is 10.1 Å². The average Bonchev–Trinajstić information content (AvgIpc) is 2.60. The average molecular weight is 321 g/mol. The lowest BCUT2D eigenvalue weighted by molar-refractivity contribution is -0.129. The fraction of sp³-hybridized carbons (Fsp3) is 0.200. The number of hydrogen-bond donors (Lipinski definition) is 0. The number of nitriles is 1. The second-order valence-corrected chi connectivity index (χ2v) is 5.49. The zero-order chi connectivity index (χ0) is 17.5. The molecule has 0 unspecified atom stereocenters. The minimum atomic E-state index is -0.684. The van der Waals surface area contributed by atoms with Gasteiger partial charge < -0.3 is 9.47 Å². The molecular weight excluding hydrogens is 302 g/mol. The van der Waals surface area contributed by atoms with E-state index in [1.165, 1.54) is 13.2 Å². The highest BCUT2D eigenvalue weighted by Gasteiger charge is 2.16. The predicted molar refractivity (Wildman–Crippen MR) is 92.8 cm³/mol. The number of para-hydroxylation sites is 2. The Kier molecular flexibility index (Phi) is 5.75. The van der Waals surface area contributed by atoms with Crippen LogP contribution in [-0.4, -0.2) is 13.1 Å². The minimum absolute atomic E-state index is 0.0851. The summed E-state index contributed by atoms with van der Waals surface area (Å²) in [6.45, 7) is 4.03. The molecule has 2 rings (SSSR count). The van der Waals surface area contributed by atoms with Gasteiger partial charge in [-0.15, -0.1) is 0 Å². The Hall–Kier alpha value is -3.06. The van der Waals surface area contributed by atoms with Crippen molar-refractivity contribution in [2.45, 2.75) is 19.8 Å². The number of hydrogen-bond acceptors (Lipinski definition) is 4. The van der Waals surface area contributed by atoms with E-state index in [0.717, 1.165) is 5.56 Å². The van der Waals surface area contributed by atoms with Gasteiger partial charge in [0.1, 0.15) is 23.1 Å². The number of methoxy groups -OCH3 is 1. The van der Waals surface area contributed by atoms with Crippen LogP contribution < -0.4 is 9.47 Å². The molecule has 0 fully saturated rings. The van der Waals surface area contributed by atoms with E-state index in [-0.39, 0.29) is 11.5 Å². The number of ether oxygens (including phenoxy) is 2. The molecule has 0 radical (unpaired) electrons. The summed E-state index contributed by atoms with van der Waals surface area (Å²) in [5.74, 6) is 0.577. The van der Waals surface area contributed by atoms with Crippen LogP contribution in [0.2, 0.25) is 0 Å². The molecule has 2 aromatic rings. The summed E-state index contributed by atoms with van der Waals surface area (Å²) >= 11 is 0. The molecule has 0 heterocycles. The van der Waals surface area contributed by atoms with Crippen molar-refractivity contribution < 1.29 is 14.3 Å². The summed E-state index contributed by atoms with van der Waals surface area (Å²) in [5.41, 5.74) is 1.48. The SMILES string of the molecule is COc1ccccc1/C=C(\C#N)C(=O)Oc1ccccc1C(C)C. The zero-order valence-corrected chi connectivity index (χ0v) is 13.9. The Bertz CT molecular complexity index is 801. The monoisotopic (exact) mass is 321 g/mol. The van der Waals surface area contributed by atoms with Crippen molar-refractivity contribution in [1.29, 1.82) is 5.26 Å². The van der Waals surface area contributed by atoms with Crippen LogP contribution in [0.15, 0.2) is 54.1 Å². The number of nitrogens with zero attached hydrogens (tertiary/aromatic N) is 1. The van der Waals surface area contributed by atoms with Crippen LogP contribution in [0.1, 0.15) is 30.9 Å². The molecule has 0 aromatic heterocycles. The Morgan fingerprint density at radius 3 is 2.33 bits per heavy atom. The lowest BCUT2D eigenvalue weighted by Gasteiger charge is -2.12. The third-order valence-corrected chi connectivity index (χ3v) is 3.52. The summed E-state index contributed by atoms with van der Waals surface area (Å²) in [5, 5.41) is 9.32. The molecule has 0 aliphatic heterocycles. The number of carbonyl (C=O) groups is 1. The fourth-order valence-corrected chi connectivity index (χ4v) is 2.28. The van der Waals surface area contributed by atoms with Crippen LogP contribution in [0, 0.1) is 11.3 Å². The fourth-order valence-electron chi connectivity index (χ4n) is 2.28. The smallest absolute Gasteiger partial charge is 0.354 e. The van der Waals surface area contributed by atoms with Gasteiger partial charge in [-0.25, -0.2) is 4.79 Å². The molecule has 0 bridgehead atoms. The highest BCUT2D eigenvalue weighted by molar-refractivity contribution is 5.99. The van der Waals surface area contributed by atoms with Crippen LogP contribution in [0.3, 0.4) is 0 Å². The molecule has 4 heteroatoms. The minimum Gasteiger partial charge on any atom is -0.496 e. The van der Waals surface area contributed by atoms with Crippen molar-refractivity contribution in [3.8, 4) is 17.6 Å². The predicted octanol–water partition coefficient (Wildman–Crippen LogP) is 4.33. The van der Waals surface area contributed by atoms with E-state index < -0.39 is 5.97 Å². The Morgan fingerprint density at radius 2 is 1.71 bits per heavy atom. The first kappa shape index (κ1) is 17.3. The molecule has 0 spiro atoms. The lowest BCUT2D eigenvalue weighted by Crippen LogP contribution is -2.11. The normalized spacial score (nSPS) is 11.0. The molecule has 0 N–H and O–H groups in total. The van der Waals surface area contributed by atoms with Crippen LogP contribution in [0.4, 0.5) is 0 Å². The molecule has 2 aromatic carbocycles. The third-order valence-electron chi connectivity index (χ3n) is 3.52. The molecule has 0 amide bonds. The highest BCUT2D eigenvalue weighted by Crippen LogP contribution is 2.27. The molecule has 0 aliphatic rings. The highest BCUT2D eigenvalue weighted by atomic mass is 16.5. The summed E-state index contributed by atoms with van der Waals surface area (Å²) < 4.78 is 10.7. The van der Waals surface area contributed by atoms with Gasteiger partial charge in [-0.2, -0.15) is 5.26 Å².